The van der Waals surface area contributed by atoms with Gasteiger partial charge in [0, 0.05) is 17.9 Å². The molecule has 0 saturated carbocycles. The quantitative estimate of drug-likeness (QED) is 0.724. The fourth-order valence-corrected chi connectivity index (χ4v) is 4.46. The summed E-state index contributed by atoms with van der Waals surface area (Å²) >= 11 is 1.70. The number of nitrogens with one attached hydrogen (secondary N) is 1. The molecule has 1 fully saturated rings. The fraction of sp³-hybridized carbons (Fsp3) is 0.632. The predicted molar refractivity (Wildman–Crippen MR) is 96.9 cm³/mol. The van der Waals surface area contributed by atoms with Crippen molar-refractivity contribution in [3.05, 3.63) is 34.3 Å². The van der Waals surface area contributed by atoms with Crippen LogP contribution < -0.4 is 5.32 Å². The molecular weight excluding hydrogens is 290 g/mol. The molecule has 1 aliphatic carbocycles. The van der Waals surface area contributed by atoms with Gasteiger partial charge in [0.05, 0.1) is 0 Å². The van der Waals surface area contributed by atoms with Crippen LogP contribution >= 0.6 is 11.8 Å². The average molecular weight is 320 g/mol. The molecule has 0 unspecified atom stereocenters. The zero-order chi connectivity index (χ0) is 16.3. The van der Waals surface area contributed by atoms with Gasteiger partial charge >= 0.3 is 0 Å². The van der Waals surface area contributed by atoms with E-state index in [-0.39, 0.29) is 17.4 Å². The van der Waals surface area contributed by atoms with Gasteiger partial charge < -0.3 is 5.32 Å². The van der Waals surface area contributed by atoms with Gasteiger partial charge in [-0.2, -0.15) is 0 Å². The molecule has 2 aliphatic rings. The van der Waals surface area contributed by atoms with Crippen molar-refractivity contribution in [1.82, 2.24) is 5.32 Å². The van der Waals surface area contributed by atoms with Crippen LogP contribution in [0.4, 0.5) is 0 Å². The van der Waals surface area contributed by atoms with Crippen molar-refractivity contribution in [2.45, 2.75) is 65.3 Å². The number of piperidine rings is 1. The van der Waals surface area contributed by atoms with E-state index in [9.17, 15) is 4.79 Å². The van der Waals surface area contributed by atoms with Gasteiger partial charge in [-0.1, -0.05) is 32.4 Å². The minimum atomic E-state index is 0.0793. The second-order valence-corrected chi connectivity index (χ2v) is 7.74. The van der Waals surface area contributed by atoms with Crippen LogP contribution in [0, 0.1) is 5.41 Å². The number of amides is 1. The van der Waals surface area contributed by atoms with Gasteiger partial charge in [0.25, 0.3) is 0 Å². The third-order valence-corrected chi connectivity index (χ3v) is 5.86. The first-order chi connectivity index (χ1) is 10.4. The number of allylic oxidation sites excluding steroid dienone is 3. The summed E-state index contributed by atoms with van der Waals surface area (Å²) in [4.78, 5) is 12.9. The van der Waals surface area contributed by atoms with Crippen molar-refractivity contribution in [2.24, 2.45) is 5.41 Å². The highest BCUT2D eigenvalue weighted by molar-refractivity contribution is 8.02. The van der Waals surface area contributed by atoms with Crippen LogP contribution in [0.3, 0.4) is 0 Å². The zero-order valence-corrected chi connectivity index (χ0v) is 15.2. The molecule has 3 heteroatoms. The highest BCUT2D eigenvalue weighted by Gasteiger charge is 2.45. The summed E-state index contributed by atoms with van der Waals surface area (Å²) in [5.74, 6) is 0.218. The molecule has 1 amide bonds. The summed E-state index contributed by atoms with van der Waals surface area (Å²) in [6, 6.07) is 0.287. The lowest BCUT2D eigenvalue weighted by Crippen LogP contribution is -2.53. The fourth-order valence-electron chi connectivity index (χ4n) is 4.16. The van der Waals surface area contributed by atoms with E-state index in [4.69, 9.17) is 0 Å². The van der Waals surface area contributed by atoms with Crippen LogP contribution in [0.15, 0.2) is 34.3 Å². The van der Waals surface area contributed by atoms with E-state index >= 15 is 0 Å². The number of hydrogen-bond donors (Lipinski definition) is 1. The van der Waals surface area contributed by atoms with Crippen LogP contribution in [0.2, 0.25) is 0 Å². The maximum Gasteiger partial charge on any atom is 0.220 e. The molecule has 0 bridgehead atoms. The normalized spacial score (nSPS) is 29.2. The number of thioether (sulfide) groups is 1. The van der Waals surface area contributed by atoms with Crippen molar-refractivity contribution in [1.29, 1.82) is 0 Å². The lowest BCUT2D eigenvalue weighted by Gasteiger charge is -2.48. The predicted octanol–water partition coefficient (Wildman–Crippen LogP) is 4.98. The van der Waals surface area contributed by atoms with Crippen molar-refractivity contribution in [3.8, 4) is 0 Å². The molecule has 1 heterocycles. The van der Waals surface area contributed by atoms with Crippen LogP contribution in [-0.2, 0) is 4.79 Å². The Bertz CT molecular complexity index is 532. The van der Waals surface area contributed by atoms with E-state index in [1.807, 2.05) is 0 Å². The Balaban J connectivity index is 2.47. The molecule has 2 nitrogen and oxygen atoms in total. The third-order valence-electron chi connectivity index (χ3n) is 5.22. The van der Waals surface area contributed by atoms with Crippen LogP contribution in [0.1, 0.15) is 59.3 Å². The van der Waals surface area contributed by atoms with Crippen molar-refractivity contribution < 1.29 is 4.79 Å². The highest BCUT2D eigenvalue weighted by atomic mass is 32.2. The molecule has 0 aromatic carbocycles. The molecule has 2 rings (SSSR count). The molecular formula is C19H29NOS. The first-order valence-electron chi connectivity index (χ1n) is 8.35. The van der Waals surface area contributed by atoms with Crippen molar-refractivity contribution >= 4 is 17.7 Å². The maximum atomic E-state index is 11.8. The summed E-state index contributed by atoms with van der Waals surface area (Å²) < 4.78 is 0. The molecule has 0 aromatic heterocycles. The van der Waals surface area contributed by atoms with Crippen LogP contribution in [0.5, 0.6) is 0 Å². The van der Waals surface area contributed by atoms with Crippen molar-refractivity contribution in [3.63, 3.8) is 0 Å². The Kier molecular flexibility index (Phi) is 5.60. The van der Waals surface area contributed by atoms with E-state index < -0.39 is 0 Å². The molecule has 0 aromatic rings. The third kappa shape index (κ3) is 3.34. The molecule has 1 N–H and O–H groups in total. The molecule has 2 atom stereocenters. The van der Waals surface area contributed by atoms with Crippen molar-refractivity contribution in [2.75, 3.05) is 6.26 Å². The summed E-state index contributed by atoms with van der Waals surface area (Å²) in [6.45, 7) is 10.9. The molecule has 22 heavy (non-hydrogen) atoms. The second kappa shape index (κ2) is 7.08. The van der Waals surface area contributed by atoms with Crippen LogP contribution in [-0.4, -0.2) is 18.2 Å². The van der Waals surface area contributed by atoms with Gasteiger partial charge in [0.15, 0.2) is 0 Å². The minimum absolute atomic E-state index is 0.0793. The average Bonchev–Trinajstić information content (AvgIpc) is 2.47. The number of fused-ring (bicyclic) bond motifs is 1. The largest absolute Gasteiger partial charge is 0.352 e. The SMILES string of the molecule is C=C(/C=C(/C)C1=C(CCC)CC[C@H]2NC(=O)CC[C@]12C)SC. The molecule has 122 valence electrons. The summed E-state index contributed by atoms with van der Waals surface area (Å²) in [7, 11) is 0. The van der Waals surface area contributed by atoms with E-state index in [1.165, 1.54) is 24.0 Å². The van der Waals surface area contributed by atoms with Gasteiger partial charge in [-0.3, -0.25) is 4.79 Å². The minimum Gasteiger partial charge on any atom is -0.352 e. The first kappa shape index (κ1) is 17.4. The van der Waals surface area contributed by atoms with Crippen LogP contribution in [0.25, 0.3) is 0 Å². The Hall–Kier alpha value is -0.960. The lowest BCUT2D eigenvalue weighted by atomic mass is 9.61. The molecule has 1 saturated heterocycles. The summed E-state index contributed by atoms with van der Waals surface area (Å²) in [5, 5.41) is 3.25. The van der Waals surface area contributed by atoms with Gasteiger partial charge in [-0.05, 0) is 61.0 Å². The summed E-state index contributed by atoms with van der Waals surface area (Å²) in [6.07, 6.45) is 10.4. The first-order valence-corrected chi connectivity index (χ1v) is 9.58. The Morgan fingerprint density at radius 2 is 2.23 bits per heavy atom. The topological polar surface area (TPSA) is 29.1 Å². The van der Waals surface area contributed by atoms with Gasteiger partial charge in [0.2, 0.25) is 5.91 Å². The van der Waals surface area contributed by atoms with Gasteiger partial charge in [0.1, 0.15) is 0 Å². The molecule has 0 spiro atoms. The maximum absolute atomic E-state index is 11.8. The Labute approximate surface area is 139 Å². The van der Waals surface area contributed by atoms with E-state index in [1.54, 1.807) is 17.3 Å². The lowest BCUT2D eigenvalue weighted by molar-refractivity contribution is -0.125. The number of carbonyl (C=O) groups is 1. The smallest absolute Gasteiger partial charge is 0.220 e. The van der Waals surface area contributed by atoms with E-state index in [0.717, 1.165) is 24.2 Å². The standard InChI is InChI=1S/C19H29NOS/c1-6-7-15-8-9-16-19(4,11-10-17(21)20-16)18(15)13(2)12-14(3)22-5/h12,16H,3,6-11H2,1-2,4-5H3,(H,20,21)/b13-12-/t16-,19+/m1/s1. The Morgan fingerprint density at radius 3 is 2.86 bits per heavy atom. The van der Waals surface area contributed by atoms with E-state index in [2.05, 4.69) is 45.0 Å². The number of hydrogen-bond acceptors (Lipinski definition) is 2. The Morgan fingerprint density at radius 1 is 1.50 bits per heavy atom. The van der Waals surface area contributed by atoms with E-state index in [0.29, 0.717) is 6.42 Å². The van der Waals surface area contributed by atoms with Gasteiger partial charge in [-0.15, -0.1) is 11.8 Å². The number of rotatable bonds is 5. The second-order valence-electron chi connectivity index (χ2n) is 6.80. The molecule has 0 radical (unpaired) electrons. The monoisotopic (exact) mass is 319 g/mol. The zero-order valence-electron chi connectivity index (χ0n) is 14.4. The van der Waals surface area contributed by atoms with Gasteiger partial charge in [-0.25, -0.2) is 0 Å². The summed E-state index contributed by atoms with van der Waals surface area (Å²) in [5.41, 5.74) is 4.52. The highest BCUT2D eigenvalue weighted by Crippen LogP contribution is 2.50. The number of carbonyl (C=O) groups excluding carboxylic acids is 1. The molecule has 1 aliphatic heterocycles.